The molecule has 0 spiro atoms. The molecular weight excluding hydrogens is 302 g/mol. The van der Waals surface area contributed by atoms with Crippen LogP contribution in [0.2, 0.25) is 0 Å². The minimum Gasteiger partial charge on any atom is -0.350 e. The predicted octanol–water partition coefficient (Wildman–Crippen LogP) is 2.85. The van der Waals surface area contributed by atoms with E-state index in [-0.39, 0.29) is 0 Å². The van der Waals surface area contributed by atoms with Gasteiger partial charge in [0, 0.05) is 24.1 Å². The number of hydrazone groups is 1. The monoisotopic (exact) mass is 319 g/mol. The molecular formula is C17H17N7. The van der Waals surface area contributed by atoms with Crippen LogP contribution >= 0.6 is 0 Å². The molecule has 0 aliphatic carbocycles. The summed E-state index contributed by atoms with van der Waals surface area (Å²) in [4.78, 5) is 7.72. The summed E-state index contributed by atoms with van der Waals surface area (Å²) in [5.41, 5.74) is 7.55. The van der Waals surface area contributed by atoms with Crippen LogP contribution in [0.5, 0.6) is 0 Å². The highest BCUT2D eigenvalue weighted by Gasteiger charge is 2.09. The van der Waals surface area contributed by atoms with E-state index >= 15 is 0 Å². The number of nitrogens with zero attached hydrogens (tertiary/aromatic N) is 5. The van der Waals surface area contributed by atoms with E-state index in [1.54, 1.807) is 6.21 Å². The molecule has 3 aromatic heterocycles. The van der Waals surface area contributed by atoms with Crippen molar-refractivity contribution in [3.63, 3.8) is 0 Å². The lowest BCUT2D eigenvalue weighted by Gasteiger charge is -1.98. The molecule has 4 aromatic rings. The van der Waals surface area contributed by atoms with Crippen molar-refractivity contribution in [1.82, 2.24) is 24.7 Å². The highest BCUT2D eigenvalue weighted by molar-refractivity contribution is 6.03. The summed E-state index contributed by atoms with van der Waals surface area (Å²) in [5.74, 6) is 0.357. The second-order valence-electron chi connectivity index (χ2n) is 5.61. The number of benzene rings is 1. The zero-order valence-electron chi connectivity index (χ0n) is 13.5. The third-order valence-electron chi connectivity index (χ3n) is 4.03. The molecule has 0 saturated heterocycles. The Balaban J connectivity index is 1.64. The molecule has 7 heteroatoms. The zero-order chi connectivity index (χ0) is 16.5. The van der Waals surface area contributed by atoms with E-state index < -0.39 is 0 Å². The maximum Gasteiger partial charge on any atom is 0.265 e. The van der Waals surface area contributed by atoms with Gasteiger partial charge < -0.3 is 9.55 Å². The van der Waals surface area contributed by atoms with Gasteiger partial charge in [-0.05, 0) is 36.2 Å². The van der Waals surface area contributed by atoms with Gasteiger partial charge in [-0.2, -0.15) is 10.1 Å². The molecule has 3 heterocycles. The SMILES string of the molecule is CCc1ccc2[nH]c3nc(NN=Cc4cccn4C)nnc3c2c1. The first kappa shape index (κ1) is 14.4. The minimum atomic E-state index is 0.357. The number of fused-ring (bicyclic) bond motifs is 3. The molecule has 0 bridgehead atoms. The number of aryl methyl sites for hydroxylation is 2. The highest BCUT2D eigenvalue weighted by atomic mass is 15.4. The Morgan fingerprint density at radius 1 is 1.29 bits per heavy atom. The summed E-state index contributed by atoms with van der Waals surface area (Å²) in [6, 6.07) is 10.2. The number of hydrogen-bond donors (Lipinski definition) is 2. The number of aromatic nitrogens is 5. The summed E-state index contributed by atoms with van der Waals surface area (Å²) < 4.78 is 1.97. The largest absolute Gasteiger partial charge is 0.350 e. The molecule has 0 atom stereocenters. The van der Waals surface area contributed by atoms with Crippen molar-refractivity contribution in [3.05, 3.63) is 47.8 Å². The molecule has 0 radical (unpaired) electrons. The lowest BCUT2D eigenvalue weighted by Crippen LogP contribution is -2.00. The molecule has 7 nitrogen and oxygen atoms in total. The summed E-state index contributed by atoms with van der Waals surface area (Å²) in [7, 11) is 1.96. The maximum atomic E-state index is 4.45. The van der Waals surface area contributed by atoms with Crippen molar-refractivity contribution in [2.45, 2.75) is 13.3 Å². The van der Waals surface area contributed by atoms with E-state index in [9.17, 15) is 0 Å². The molecule has 24 heavy (non-hydrogen) atoms. The first-order chi connectivity index (χ1) is 11.7. The third kappa shape index (κ3) is 2.50. The standard InChI is InChI=1S/C17H17N7/c1-3-11-6-7-14-13(9-11)15-16(19-14)20-17(23-21-15)22-18-10-12-5-4-8-24(12)2/h4-10H,3H2,1-2H3,(H2,19,20,22,23). The van der Waals surface area contributed by atoms with Gasteiger partial charge in [-0.1, -0.05) is 13.0 Å². The second kappa shape index (κ2) is 5.77. The van der Waals surface area contributed by atoms with Gasteiger partial charge in [-0.15, -0.1) is 10.2 Å². The van der Waals surface area contributed by atoms with Crippen LogP contribution in [0.1, 0.15) is 18.2 Å². The van der Waals surface area contributed by atoms with Crippen LogP contribution in [0.25, 0.3) is 22.1 Å². The van der Waals surface area contributed by atoms with Crippen molar-refractivity contribution < 1.29 is 0 Å². The van der Waals surface area contributed by atoms with Gasteiger partial charge in [-0.25, -0.2) is 5.43 Å². The Labute approximate surface area is 138 Å². The van der Waals surface area contributed by atoms with Gasteiger partial charge in [0.05, 0.1) is 11.9 Å². The number of H-pyrrole nitrogens is 1. The first-order valence-electron chi connectivity index (χ1n) is 7.80. The Morgan fingerprint density at radius 2 is 2.21 bits per heavy atom. The molecule has 0 aliphatic heterocycles. The number of nitrogens with one attached hydrogen (secondary N) is 2. The van der Waals surface area contributed by atoms with Crippen molar-refractivity contribution in [3.8, 4) is 0 Å². The Kier molecular flexibility index (Phi) is 3.45. The smallest absolute Gasteiger partial charge is 0.265 e. The summed E-state index contributed by atoms with van der Waals surface area (Å²) in [5, 5.41) is 13.6. The van der Waals surface area contributed by atoms with Crippen molar-refractivity contribution in [2.75, 3.05) is 5.43 Å². The average Bonchev–Trinajstić information content (AvgIpc) is 3.17. The Bertz CT molecular complexity index is 1040. The van der Waals surface area contributed by atoms with E-state index in [0.29, 0.717) is 11.6 Å². The predicted molar refractivity (Wildman–Crippen MR) is 95.2 cm³/mol. The average molecular weight is 319 g/mol. The molecule has 0 fully saturated rings. The van der Waals surface area contributed by atoms with Crippen molar-refractivity contribution in [1.29, 1.82) is 0 Å². The van der Waals surface area contributed by atoms with Gasteiger partial charge in [0.15, 0.2) is 5.65 Å². The molecule has 0 aliphatic rings. The second-order valence-corrected chi connectivity index (χ2v) is 5.61. The molecule has 0 amide bonds. The van der Waals surface area contributed by atoms with E-state index in [1.807, 2.05) is 29.9 Å². The fourth-order valence-electron chi connectivity index (χ4n) is 2.65. The van der Waals surface area contributed by atoms with Gasteiger partial charge in [0.2, 0.25) is 0 Å². The molecule has 2 N–H and O–H groups in total. The Hall–Kier alpha value is -3.22. The van der Waals surface area contributed by atoms with Gasteiger partial charge in [0.1, 0.15) is 5.52 Å². The molecule has 0 unspecified atom stereocenters. The summed E-state index contributed by atoms with van der Waals surface area (Å²) in [6.07, 6.45) is 4.66. The van der Waals surface area contributed by atoms with Gasteiger partial charge in [-0.3, -0.25) is 0 Å². The van der Waals surface area contributed by atoms with Crippen LogP contribution in [0, 0.1) is 0 Å². The number of hydrogen-bond acceptors (Lipinski definition) is 5. The van der Waals surface area contributed by atoms with E-state index in [2.05, 4.69) is 55.8 Å². The summed E-state index contributed by atoms with van der Waals surface area (Å²) in [6.45, 7) is 2.13. The number of rotatable bonds is 4. The van der Waals surface area contributed by atoms with E-state index in [0.717, 1.165) is 28.5 Å². The quantitative estimate of drug-likeness (QED) is 0.447. The van der Waals surface area contributed by atoms with Crippen LogP contribution in [-0.2, 0) is 13.5 Å². The normalized spacial score (nSPS) is 11.8. The molecule has 4 rings (SSSR count). The third-order valence-corrected chi connectivity index (χ3v) is 4.03. The topological polar surface area (TPSA) is 83.8 Å². The zero-order valence-corrected chi connectivity index (χ0v) is 13.5. The Morgan fingerprint density at radius 3 is 3.00 bits per heavy atom. The van der Waals surface area contributed by atoms with Gasteiger partial charge >= 0.3 is 0 Å². The maximum absolute atomic E-state index is 4.45. The fourth-order valence-corrected chi connectivity index (χ4v) is 2.65. The van der Waals surface area contributed by atoms with Crippen molar-refractivity contribution in [2.24, 2.45) is 12.1 Å². The highest BCUT2D eigenvalue weighted by Crippen LogP contribution is 2.23. The van der Waals surface area contributed by atoms with Gasteiger partial charge in [0.25, 0.3) is 5.95 Å². The van der Waals surface area contributed by atoms with Crippen LogP contribution in [0.4, 0.5) is 5.95 Å². The number of anilines is 1. The molecule has 120 valence electrons. The van der Waals surface area contributed by atoms with E-state index in [1.165, 1.54) is 5.56 Å². The summed E-state index contributed by atoms with van der Waals surface area (Å²) >= 11 is 0. The minimum absolute atomic E-state index is 0.357. The van der Waals surface area contributed by atoms with Crippen LogP contribution in [0.15, 0.2) is 41.6 Å². The van der Waals surface area contributed by atoms with Crippen LogP contribution in [0.3, 0.4) is 0 Å². The lowest BCUT2D eigenvalue weighted by atomic mass is 10.1. The number of aromatic amines is 1. The first-order valence-corrected chi connectivity index (χ1v) is 7.80. The van der Waals surface area contributed by atoms with Crippen molar-refractivity contribution >= 4 is 34.2 Å². The fraction of sp³-hybridized carbons (Fsp3) is 0.176. The molecule has 1 aromatic carbocycles. The molecule has 0 saturated carbocycles. The van der Waals surface area contributed by atoms with Crippen LogP contribution in [-0.4, -0.2) is 30.9 Å². The lowest BCUT2D eigenvalue weighted by molar-refractivity contribution is 0.917. The van der Waals surface area contributed by atoms with Crippen LogP contribution < -0.4 is 5.43 Å². The van der Waals surface area contributed by atoms with E-state index in [4.69, 9.17) is 0 Å².